The Bertz CT molecular complexity index is 275. The van der Waals surface area contributed by atoms with Crippen LogP contribution in [0, 0.1) is 0 Å². The predicted molar refractivity (Wildman–Crippen MR) is 56.6 cm³/mol. The molecule has 0 aliphatic carbocycles. The summed E-state index contributed by atoms with van der Waals surface area (Å²) < 4.78 is 6.86. The predicted octanol–water partition coefficient (Wildman–Crippen LogP) is 0.800. The van der Waals surface area contributed by atoms with Crippen LogP contribution < -0.4 is 0 Å². The summed E-state index contributed by atoms with van der Waals surface area (Å²) in [6.07, 6.45) is 4.40. The van der Waals surface area contributed by atoms with Gasteiger partial charge in [0.1, 0.15) is 0 Å². The van der Waals surface area contributed by atoms with Crippen LogP contribution in [0.4, 0.5) is 0 Å². The Balaban J connectivity index is 2.43. The molecule has 1 atom stereocenters. The number of aryl methyl sites for hydroxylation is 1. The summed E-state index contributed by atoms with van der Waals surface area (Å²) in [5.74, 6) is 0. The Morgan fingerprint density at radius 1 is 1.60 bits per heavy atom. The highest BCUT2D eigenvalue weighted by Gasteiger charge is 2.07. The van der Waals surface area contributed by atoms with Crippen molar-refractivity contribution in [2.75, 3.05) is 20.3 Å². The number of hydrogen-bond donors (Lipinski definition) is 1. The molecule has 0 bridgehead atoms. The first kappa shape index (κ1) is 12.1. The first-order valence-electron chi connectivity index (χ1n) is 5.28. The van der Waals surface area contributed by atoms with Gasteiger partial charge in [-0.3, -0.25) is 0 Å². The van der Waals surface area contributed by atoms with Crippen molar-refractivity contribution in [2.24, 2.45) is 0 Å². The maximum Gasteiger partial charge on any atom is 0.0828 e. The Hall–Kier alpha value is -0.940. The van der Waals surface area contributed by atoms with Gasteiger partial charge in [-0.1, -0.05) is 5.21 Å². The van der Waals surface area contributed by atoms with Gasteiger partial charge >= 0.3 is 0 Å². The van der Waals surface area contributed by atoms with Crippen LogP contribution in [0.5, 0.6) is 0 Å². The summed E-state index contributed by atoms with van der Waals surface area (Å²) in [7, 11) is 1.70. The van der Waals surface area contributed by atoms with Gasteiger partial charge in [0.15, 0.2) is 0 Å². The van der Waals surface area contributed by atoms with E-state index >= 15 is 0 Å². The van der Waals surface area contributed by atoms with Crippen LogP contribution in [0.1, 0.15) is 31.5 Å². The molecule has 5 nitrogen and oxygen atoms in total. The highest BCUT2D eigenvalue weighted by atomic mass is 16.5. The Labute approximate surface area is 90.1 Å². The summed E-state index contributed by atoms with van der Waals surface area (Å²) in [4.78, 5) is 0. The van der Waals surface area contributed by atoms with Gasteiger partial charge in [-0.25, -0.2) is 4.68 Å². The number of ether oxygens (including phenoxy) is 1. The molecule has 0 radical (unpaired) electrons. The molecule has 1 heterocycles. The Morgan fingerprint density at radius 3 is 3.07 bits per heavy atom. The maximum atomic E-state index is 8.69. The molecule has 0 spiro atoms. The number of hydrogen-bond acceptors (Lipinski definition) is 4. The van der Waals surface area contributed by atoms with E-state index in [2.05, 4.69) is 17.2 Å². The van der Waals surface area contributed by atoms with Crippen LogP contribution in [-0.4, -0.2) is 40.4 Å². The highest BCUT2D eigenvalue weighted by molar-refractivity contribution is 4.93. The largest absolute Gasteiger partial charge is 0.396 e. The summed E-state index contributed by atoms with van der Waals surface area (Å²) in [5, 5.41) is 16.8. The van der Waals surface area contributed by atoms with Crippen molar-refractivity contribution in [3.63, 3.8) is 0 Å². The Morgan fingerprint density at radius 2 is 2.40 bits per heavy atom. The zero-order chi connectivity index (χ0) is 11.1. The van der Waals surface area contributed by atoms with Crippen molar-refractivity contribution in [3.05, 3.63) is 11.9 Å². The average Bonchev–Trinajstić information content (AvgIpc) is 2.71. The van der Waals surface area contributed by atoms with Gasteiger partial charge in [0.25, 0.3) is 0 Å². The van der Waals surface area contributed by atoms with Crippen LogP contribution in [0.2, 0.25) is 0 Å². The number of aliphatic hydroxyl groups excluding tert-OH is 1. The third kappa shape index (κ3) is 3.97. The fraction of sp³-hybridized carbons (Fsp3) is 0.800. The van der Waals surface area contributed by atoms with E-state index in [1.807, 2.05) is 10.9 Å². The quantitative estimate of drug-likeness (QED) is 0.727. The fourth-order valence-corrected chi connectivity index (χ4v) is 1.32. The number of nitrogens with zero attached hydrogens (tertiary/aromatic N) is 3. The molecule has 1 aromatic rings. The lowest BCUT2D eigenvalue weighted by atomic mass is 10.2. The van der Waals surface area contributed by atoms with E-state index in [0.717, 1.165) is 31.6 Å². The average molecular weight is 213 g/mol. The van der Waals surface area contributed by atoms with E-state index in [1.54, 1.807) is 7.11 Å². The number of aliphatic hydroxyl groups is 1. The van der Waals surface area contributed by atoms with Gasteiger partial charge in [0.2, 0.25) is 0 Å². The summed E-state index contributed by atoms with van der Waals surface area (Å²) in [6, 6.07) is 0.306. The second-order valence-electron chi connectivity index (χ2n) is 3.65. The van der Waals surface area contributed by atoms with Crippen molar-refractivity contribution < 1.29 is 9.84 Å². The summed E-state index contributed by atoms with van der Waals surface area (Å²) in [5.41, 5.74) is 0.938. The van der Waals surface area contributed by atoms with E-state index in [1.165, 1.54) is 0 Å². The minimum absolute atomic E-state index is 0.200. The van der Waals surface area contributed by atoms with Gasteiger partial charge in [-0.05, 0) is 26.2 Å². The molecule has 15 heavy (non-hydrogen) atoms. The molecule has 1 N–H and O–H groups in total. The lowest BCUT2D eigenvalue weighted by Gasteiger charge is -2.09. The third-order valence-corrected chi connectivity index (χ3v) is 2.34. The van der Waals surface area contributed by atoms with Gasteiger partial charge in [0.05, 0.1) is 11.7 Å². The van der Waals surface area contributed by atoms with Crippen molar-refractivity contribution in [1.29, 1.82) is 0 Å². The van der Waals surface area contributed by atoms with Gasteiger partial charge < -0.3 is 9.84 Å². The molecule has 0 saturated heterocycles. The summed E-state index contributed by atoms with van der Waals surface area (Å²) in [6.45, 7) is 3.02. The molecular weight excluding hydrogens is 194 g/mol. The molecule has 0 aromatic carbocycles. The minimum Gasteiger partial charge on any atom is -0.396 e. The van der Waals surface area contributed by atoms with Crippen LogP contribution in [0.15, 0.2) is 6.20 Å². The molecule has 0 amide bonds. The minimum atomic E-state index is 0.200. The first-order valence-corrected chi connectivity index (χ1v) is 5.28. The van der Waals surface area contributed by atoms with Crippen LogP contribution in [0.25, 0.3) is 0 Å². The van der Waals surface area contributed by atoms with Crippen molar-refractivity contribution in [1.82, 2.24) is 15.0 Å². The normalized spacial score (nSPS) is 13.0. The second kappa shape index (κ2) is 6.53. The standard InChI is InChI=1S/C10H19N3O2/c1-9(5-7-15-2)13-8-10(11-12-13)4-3-6-14/h8-9,14H,3-7H2,1-2H3. The van der Waals surface area contributed by atoms with E-state index in [-0.39, 0.29) is 6.61 Å². The number of methoxy groups -OCH3 is 1. The van der Waals surface area contributed by atoms with E-state index in [0.29, 0.717) is 6.04 Å². The van der Waals surface area contributed by atoms with Crippen LogP contribution >= 0.6 is 0 Å². The number of rotatable bonds is 7. The number of aromatic nitrogens is 3. The monoisotopic (exact) mass is 213 g/mol. The summed E-state index contributed by atoms with van der Waals surface area (Å²) >= 11 is 0. The molecule has 0 fully saturated rings. The first-order chi connectivity index (χ1) is 7.27. The third-order valence-electron chi connectivity index (χ3n) is 2.34. The van der Waals surface area contributed by atoms with E-state index in [4.69, 9.17) is 9.84 Å². The zero-order valence-corrected chi connectivity index (χ0v) is 9.39. The highest BCUT2D eigenvalue weighted by Crippen LogP contribution is 2.09. The van der Waals surface area contributed by atoms with Crippen LogP contribution in [0.3, 0.4) is 0 Å². The topological polar surface area (TPSA) is 60.2 Å². The van der Waals surface area contributed by atoms with Crippen molar-refractivity contribution in [3.8, 4) is 0 Å². The fourth-order valence-electron chi connectivity index (χ4n) is 1.32. The van der Waals surface area contributed by atoms with Gasteiger partial charge in [-0.2, -0.15) is 0 Å². The molecule has 0 aliphatic rings. The maximum absolute atomic E-state index is 8.69. The molecule has 0 aliphatic heterocycles. The zero-order valence-electron chi connectivity index (χ0n) is 9.39. The SMILES string of the molecule is COCCC(C)n1cc(CCCO)nn1. The molecular formula is C10H19N3O2. The molecule has 0 saturated carbocycles. The van der Waals surface area contributed by atoms with Gasteiger partial charge in [-0.15, -0.1) is 5.10 Å². The molecule has 86 valence electrons. The lowest BCUT2D eigenvalue weighted by Crippen LogP contribution is -2.08. The smallest absolute Gasteiger partial charge is 0.0828 e. The van der Waals surface area contributed by atoms with Gasteiger partial charge in [0, 0.05) is 26.5 Å². The van der Waals surface area contributed by atoms with E-state index in [9.17, 15) is 0 Å². The molecule has 1 aromatic heterocycles. The second-order valence-corrected chi connectivity index (χ2v) is 3.65. The van der Waals surface area contributed by atoms with Crippen LogP contribution in [-0.2, 0) is 11.2 Å². The molecule has 1 unspecified atom stereocenters. The Kier molecular flexibility index (Phi) is 5.28. The molecule has 1 rings (SSSR count). The van der Waals surface area contributed by atoms with Crippen molar-refractivity contribution >= 4 is 0 Å². The lowest BCUT2D eigenvalue weighted by molar-refractivity contribution is 0.178. The molecule has 5 heteroatoms. The van der Waals surface area contributed by atoms with E-state index < -0.39 is 0 Å². The van der Waals surface area contributed by atoms with Crippen molar-refractivity contribution in [2.45, 2.75) is 32.2 Å².